The van der Waals surface area contributed by atoms with Gasteiger partial charge in [0.1, 0.15) is 0 Å². The van der Waals surface area contributed by atoms with Gasteiger partial charge < -0.3 is 17.2 Å². The van der Waals surface area contributed by atoms with E-state index in [1.54, 1.807) is 0 Å². The summed E-state index contributed by atoms with van der Waals surface area (Å²) in [5.41, 5.74) is 17.2. The van der Waals surface area contributed by atoms with Gasteiger partial charge in [-0.05, 0) is 26.2 Å². The van der Waals surface area contributed by atoms with Crippen molar-refractivity contribution in [3.8, 4) is 0 Å². The van der Waals surface area contributed by atoms with Crippen LogP contribution in [0.2, 0.25) is 0 Å². The third-order valence-electron chi connectivity index (χ3n) is 1.86. The minimum atomic E-state index is 0.0477. The Morgan fingerprint density at radius 2 is 2.33 bits per heavy atom. The van der Waals surface area contributed by atoms with Crippen molar-refractivity contribution in [2.75, 3.05) is 0 Å². The van der Waals surface area contributed by atoms with Gasteiger partial charge in [-0.3, -0.25) is 0 Å². The molecule has 0 saturated carbocycles. The fourth-order valence-corrected chi connectivity index (χ4v) is 1.92. The van der Waals surface area contributed by atoms with Gasteiger partial charge in [0.25, 0.3) is 0 Å². The van der Waals surface area contributed by atoms with E-state index in [0.29, 0.717) is 5.13 Å². The van der Waals surface area contributed by atoms with Crippen molar-refractivity contribution in [2.45, 2.75) is 32.2 Å². The first-order chi connectivity index (χ1) is 7.08. The van der Waals surface area contributed by atoms with Crippen LogP contribution in [0.4, 0.5) is 5.13 Å². The number of thiazole rings is 1. The Hall–Kier alpha value is -1.14. The molecule has 6 N–H and O–H groups in total. The maximum absolute atomic E-state index is 5.65. The average molecular weight is 227 g/mol. The van der Waals surface area contributed by atoms with Gasteiger partial charge in [0.2, 0.25) is 5.13 Å². The van der Waals surface area contributed by atoms with Crippen LogP contribution in [-0.2, 0) is 6.42 Å². The molecule has 0 fully saturated rings. The molecular weight excluding hydrogens is 210 g/mol. The number of guanidine groups is 1. The first-order valence-electron chi connectivity index (χ1n) is 4.87. The van der Waals surface area contributed by atoms with E-state index >= 15 is 0 Å². The molecule has 0 aromatic carbocycles. The van der Waals surface area contributed by atoms with Gasteiger partial charge in [-0.15, -0.1) is 11.3 Å². The molecule has 0 aliphatic rings. The van der Waals surface area contributed by atoms with Gasteiger partial charge in [0.15, 0.2) is 5.96 Å². The second kappa shape index (κ2) is 5.67. The highest BCUT2D eigenvalue weighted by Crippen LogP contribution is 2.19. The number of hydrogen-bond donors (Lipinski definition) is 3. The van der Waals surface area contributed by atoms with Crippen LogP contribution in [0.25, 0.3) is 0 Å². The van der Waals surface area contributed by atoms with Crippen molar-refractivity contribution in [1.82, 2.24) is 4.98 Å². The highest BCUT2D eigenvalue weighted by Gasteiger charge is 2.02. The fourth-order valence-electron chi connectivity index (χ4n) is 1.18. The number of aromatic nitrogens is 1. The monoisotopic (exact) mass is 227 g/mol. The zero-order valence-corrected chi connectivity index (χ0v) is 9.63. The summed E-state index contributed by atoms with van der Waals surface area (Å²) in [5.74, 6) is 0.0477. The largest absolute Gasteiger partial charge is 0.370 e. The van der Waals surface area contributed by atoms with E-state index in [4.69, 9.17) is 17.2 Å². The lowest BCUT2D eigenvalue weighted by Crippen LogP contribution is -2.21. The normalized spacial score (nSPS) is 12.4. The maximum Gasteiger partial charge on any atom is 0.212 e. The molecule has 0 saturated heterocycles. The van der Waals surface area contributed by atoms with Crippen molar-refractivity contribution in [2.24, 2.45) is 22.2 Å². The van der Waals surface area contributed by atoms with Crippen molar-refractivity contribution in [3.05, 3.63) is 11.1 Å². The fraction of sp³-hybridized carbons (Fsp3) is 0.556. The zero-order chi connectivity index (χ0) is 11.3. The molecule has 1 atom stereocenters. The van der Waals surface area contributed by atoms with E-state index in [9.17, 15) is 0 Å². The van der Waals surface area contributed by atoms with Gasteiger partial charge in [0, 0.05) is 11.4 Å². The molecule has 1 heterocycles. The predicted octanol–water partition coefficient (Wildman–Crippen LogP) is 0.718. The molecule has 1 aromatic rings. The predicted molar refractivity (Wildman–Crippen MR) is 64.2 cm³/mol. The molecular formula is C9H17N5S. The summed E-state index contributed by atoms with van der Waals surface area (Å²) in [6, 6.07) is 0.251. The third-order valence-corrected chi connectivity index (χ3v) is 2.64. The molecule has 0 radical (unpaired) electrons. The number of rotatable bonds is 5. The van der Waals surface area contributed by atoms with E-state index in [0.717, 1.165) is 25.0 Å². The summed E-state index contributed by atoms with van der Waals surface area (Å²) >= 11 is 1.45. The highest BCUT2D eigenvalue weighted by molar-refractivity contribution is 7.13. The van der Waals surface area contributed by atoms with Gasteiger partial charge in [-0.25, -0.2) is 4.98 Å². The number of hydrogen-bond acceptors (Lipinski definition) is 4. The highest BCUT2D eigenvalue weighted by atomic mass is 32.1. The maximum atomic E-state index is 5.65. The lowest BCUT2D eigenvalue weighted by molar-refractivity contribution is 0.621. The van der Waals surface area contributed by atoms with E-state index < -0.39 is 0 Å². The number of nitrogens with two attached hydrogens (primary N) is 3. The Kier molecular flexibility index (Phi) is 4.51. The molecule has 0 amide bonds. The van der Waals surface area contributed by atoms with Crippen molar-refractivity contribution in [1.29, 1.82) is 0 Å². The number of nitrogens with zero attached hydrogens (tertiary/aromatic N) is 2. The number of aliphatic imine (C=N–C) groups is 1. The van der Waals surface area contributed by atoms with Crippen LogP contribution in [-0.4, -0.2) is 17.0 Å². The Morgan fingerprint density at radius 1 is 1.60 bits per heavy atom. The zero-order valence-electron chi connectivity index (χ0n) is 8.81. The van der Waals surface area contributed by atoms with E-state index in [2.05, 4.69) is 9.98 Å². The summed E-state index contributed by atoms with van der Waals surface area (Å²) in [6.07, 6.45) is 2.98. The Balaban J connectivity index is 2.43. The van der Waals surface area contributed by atoms with Crippen molar-refractivity contribution in [3.63, 3.8) is 0 Å². The molecule has 0 spiro atoms. The molecule has 15 heavy (non-hydrogen) atoms. The number of aryl methyl sites for hydroxylation is 1. The summed E-state index contributed by atoms with van der Waals surface area (Å²) < 4.78 is 0. The second-order valence-electron chi connectivity index (χ2n) is 3.53. The van der Waals surface area contributed by atoms with Gasteiger partial charge in [-0.2, -0.15) is 4.99 Å². The van der Waals surface area contributed by atoms with Crippen LogP contribution in [0.5, 0.6) is 0 Å². The third kappa shape index (κ3) is 4.75. The minimum Gasteiger partial charge on any atom is -0.370 e. The quantitative estimate of drug-likeness (QED) is 0.509. The molecule has 0 aliphatic heterocycles. The lowest BCUT2D eigenvalue weighted by atomic mass is 10.1. The average Bonchev–Trinajstić information content (AvgIpc) is 2.50. The Labute approximate surface area is 93.4 Å². The van der Waals surface area contributed by atoms with Gasteiger partial charge in [0.05, 0.1) is 5.69 Å². The van der Waals surface area contributed by atoms with Crippen LogP contribution in [0.3, 0.4) is 0 Å². The Bertz CT molecular complexity index is 327. The molecule has 84 valence electrons. The Morgan fingerprint density at radius 3 is 2.93 bits per heavy atom. The van der Waals surface area contributed by atoms with Crippen LogP contribution in [0.1, 0.15) is 25.5 Å². The van der Waals surface area contributed by atoms with Crippen molar-refractivity contribution < 1.29 is 0 Å². The molecule has 0 bridgehead atoms. The van der Waals surface area contributed by atoms with E-state index in [1.165, 1.54) is 11.3 Å². The molecule has 6 heteroatoms. The summed E-state index contributed by atoms with van der Waals surface area (Å²) in [6.45, 7) is 2.01. The first kappa shape index (κ1) is 11.9. The van der Waals surface area contributed by atoms with Crippen LogP contribution in [0, 0.1) is 0 Å². The van der Waals surface area contributed by atoms with Crippen LogP contribution in [0.15, 0.2) is 10.4 Å². The van der Waals surface area contributed by atoms with Crippen LogP contribution >= 0.6 is 11.3 Å². The van der Waals surface area contributed by atoms with Gasteiger partial charge in [-0.1, -0.05) is 0 Å². The molecule has 1 unspecified atom stereocenters. The molecule has 1 rings (SSSR count). The lowest BCUT2D eigenvalue weighted by Gasteiger charge is -2.01. The van der Waals surface area contributed by atoms with Crippen LogP contribution < -0.4 is 17.2 Å². The van der Waals surface area contributed by atoms with E-state index in [1.807, 2.05) is 12.3 Å². The SMILES string of the molecule is CC(N)CCCc1csc(N=C(N)N)n1. The minimum absolute atomic E-state index is 0.0477. The summed E-state index contributed by atoms with van der Waals surface area (Å²) in [7, 11) is 0. The summed E-state index contributed by atoms with van der Waals surface area (Å²) in [4.78, 5) is 8.16. The molecule has 1 aromatic heterocycles. The van der Waals surface area contributed by atoms with Gasteiger partial charge >= 0.3 is 0 Å². The smallest absolute Gasteiger partial charge is 0.212 e. The standard InChI is InChI=1S/C9H17N5S/c1-6(10)3-2-4-7-5-15-9(13-7)14-8(11)12/h5-6H,2-4,10H2,1H3,(H4,11,12,13,14). The molecule has 5 nitrogen and oxygen atoms in total. The summed E-state index contributed by atoms with van der Waals surface area (Å²) in [5, 5.41) is 2.59. The molecule has 0 aliphatic carbocycles. The second-order valence-corrected chi connectivity index (χ2v) is 4.36. The first-order valence-corrected chi connectivity index (χ1v) is 5.75. The van der Waals surface area contributed by atoms with E-state index in [-0.39, 0.29) is 12.0 Å². The topological polar surface area (TPSA) is 103 Å². The van der Waals surface area contributed by atoms with Crippen molar-refractivity contribution >= 4 is 22.4 Å².